The van der Waals surface area contributed by atoms with Gasteiger partial charge in [-0.2, -0.15) is 5.26 Å². The van der Waals surface area contributed by atoms with Crippen LogP contribution in [0.3, 0.4) is 0 Å². The number of carbonyl (C=O) groups is 2. The minimum Gasteiger partial charge on any atom is -0.455 e. The highest BCUT2D eigenvalue weighted by molar-refractivity contribution is 7.99. The number of ether oxygens (including phenoxy) is 1. The lowest BCUT2D eigenvalue weighted by Crippen LogP contribution is -2.22. The second-order valence-corrected chi connectivity index (χ2v) is 8.44. The van der Waals surface area contributed by atoms with Gasteiger partial charge in [0, 0.05) is 11.8 Å². The first-order valence-electron chi connectivity index (χ1n) is 8.93. The van der Waals surface area contributed by atoms with E-state index in [-0.39, 0.29) is 16.7 Å². The van der Waals surface area contributed by atoms with Gasteiger partial charge in [-0.25, -0.2) is 0 Å². The first-order valence-corrected chi connectivity index (χ1v) is 9.91. The van der Waals surface area contributed by atoms with E-state index in [1.54, 1.807) is 19.1 Å². The van der Waals surface area contributed by atoms with E-state index in [1.807, 2.05) is 18.2 Å². The molecule has 8 heteroatoms. The van der Waals surface area contributed by atoms with Gasteiger partial charge < -0.3 is 15.0 Å². The summed E-state index contributed by atoms with van der Waals surface area (Å²) in [6.45, 7) is 7.53. The Morgan fingerprint density at radius 3 is 2.48 bits per heavy atom. The monoisotopic (exact) mass is 413 g/mol. The van der Waals surface area contributed by atoms with Gasteiger partial charge in [0.15, 0.2) is 6.61 Å². The number of rotatable bonds is 6. The number of aromatic amines is 1. The zero-order chi connectivity index (χ0) is 21.6. The first kappa shape index (κ1) is 22.2. The number of benzene rings is 1. The zero-order valence-corrected chi connectivity index (χ0v) is 17.6. The third-order valence-electron chi connectivity index (χ3n) is 4.05. The van der Waals surface area contributed by atoms with Gasteiger partial charge in [0.1, 0.15) is 6.07 Å². The summed E-state index contributed by atoms with van der Waals surface area (Å²) >= 11 is 0.983. The Kier molecular flexibility index (Phi) is 7.23. The third-order valence-corrected chi connectivity index (χ3v) is 5.03. The molecular formula is C21H23N3O4S. The molecule has 1 heterocycles. The topological polar surface area (TPSA) is 112 Å². The van der Waals surface area contributed by atoms with E-state index < -0.39 is 18.5 Å². The normalized spacial score (nSPS) is 10.9. The Bertz CT molecular complexity index is 999. The van der Waals surface area contributed by atoms with Crippen LogP contribution in [-0.4, -0.2) is 29.2 Å². The number of aryl methyl sites for hydroxylation is 1. The molecule has 0 aliphatic rings. The molecule has 0 unspecified atom stereocenters. The van der Waals surface area contributed by atoms with Crippen molar-refractivity contribution in [1.29, 1.82) is 5.26 Å². The predicted molar refractivity (Wildman–Crippen MR) is 112 cm³/mol. The standard InChI is InChI=1S/C21H23N3O4S/c1-13-9-17(25)24-20(16(13)10-22)29-12-19(27)28-11-18(26)23-15-7-5-14(6-8-15)21(2,3)4/h5-9H,11-12H2,1-4H3,(H,23,26)(H,24,25). The van der Waals surface area contributed by atoms with E-state index in [0.29, 0.717) is 21.8 Å². The lowest BCUT2D eigenvalue weighted by atomic mass is 9.87. The minimum absolute atomic E-state index is 0.0166. The molecule has 29 heavy (non-hydrogen) atoms. The van der Waals surface area contributed by atoms with Crippen LogP contribution in [0.5, 0.6) is 0 Å². The fourth-order valence-corrected chi connectivity index (χ4v) is 3.34. The Morgan fingerprint density at radius 1 is 1.24 bits per heavy atom. The number of thioether (sulfide) groups is 1. The molecular weight excluding hydrogens is 390 g/mol. The van der Waals surface area contributed by atoms with Gasteiger partial charge in [-0.3, -0.25) is 14.4 Å². The maximum absolute atomic E-state index is 12.0. The molecule has 0 aliphatic carbocycles. The van der Waals surface area contributed by atoms with Crippen molar-refractivity contribution in [3.8, 4) is 6.07 Å². The Balaban J connectivity index is 1.84. The summed E-state index contributed by atoms with van der Waals surface area (Å²) in [5.74, 6) is -1.21. The molecule has 0 saturated heterocycles. The molecule has 0 bridgehead atoms. The molecule has 0 atom stereocenters. The molecule has 0 saturated carbocycles. The molecule has 2 rings (SSSR count). The Morgan fingerprint density at radius 2 is 1.90 bits per heavy atom. The summed E-state index contributed by atoms with van der Waals surface area (Å²) in [6, 6.07) is 10.8. The molecule has 1 aromatic heterocycles. The van der Waals surface area contributed by atoms with Crippen molar-refractivity contribution >= 4 is 29.3 Å². The number of carbonyl (C=O) groups excluding carboxylic acids is 2. The number of nitrogens with one attached hydrogen (secondary N) is 2. The van der Waals surface area contributed by atoms with Crippen LogP contribution in [-0.2, 0) is 19.7 Å². The van der Waals surface area contributed by atoms with Crippen molar-refractivity contribution < 1.29 is 14.3 Å². The van der Waals surface area contributed by atoms with Crippen LogP contribution in [0.25, 0.3) is 0 Å². The highest BCUT2D eigenvalue weighted by atomic mass is 32.2. The lowest BCUT2D eigenvalue weighted by Gasteiger charge is -2.19. The van der Waals surface area contributed by atoms with Crippen molar-refractivity contribution in [2.24, 2.45) is 0 Å². The van der Waals surface area contributed by atoms with E-state index in [4.69, 9.17) is 4.74 Å². The largest absolute Gasteiger partial charge is 0.455 e. The van der Waals surface area contributed by atoms with Gasteiger partial charge in [0.05, 0.1) is 16.3 Å². The van der Waals surface area contributed by atoms with Crippen LogP contribution in [0, 0.1) is 18.3 Å². The number of nitriles is 1. The van der Waals surface area contributed by atoms with Crippen LogP contribution in [0.1, 0.15) is 37.5 Å². The fraction of sp³-hybridized carbons (Fsp3) is 0.333. The summed E-state index contributed by atoms with van der Waals surface area (Å²) in [5, 5.41) is 12.2. The van der Waals surface area contributed by atoms with E-state index in [0.717, 1.165) is 17.3 Å². The molecule has 0 aliphatic heterocycles. The second-order valence-electron chi connectivity index (χ2n) is 7.46. The van der Waals surface area contributed by atoms with E-state index in [9.17, 15) is 19.6 Å². The Hall–Kier alpha value is -3.05. The van der Waals surface area contributed by atoms with Gasteiger partial charge >= 0.3 is 5.97 Å². The lowest BCUT2D eigenvalue weighted by molar-refractivity contribution is -0.144. The van der Waals surface area contributed by atoms with Crippen molar-refractivity contribution in [2.75, 3.05) is 17.7 Å². The number of hydrogen-bond acceptors (Lipinski definition) is 6. The van der Waals surface area contributed by atoms with Gasteiger partial charge in [0.25, 0.3) is 5.91 Å². The molecule has 1 amide bonds. The van der Waals surface area contributed by atoms with Gasteiger partial charge in [-0.1, -0.05) is 44.7 Å². The van der Waals surface area contributed by atoms with Gasteiger partial charge in [-0.15, -0.1) is 0 Å². The number of anilines is 1. The second kappa shape index (κ2) is 9.43. The molecule has 152 valence electrons. The van der Waals surface area contributed by atoms with Gasteiger partial charge in [0.2, 0.25) is 5.56 Å². The zero-order valence-electron chi connectivity index (χ0n) is 16.8. The average Bonchev–Trinajstić information content (AvgIpc) is 2.64. The average molecular weight is 413 g/mol. The molecule has 0 radical (unpaired) electrons. The minimum atomic E-state index is -0.625. The van der Waals surface area contributed by atoms with Gasteiger partial charge in [-0.05, 0) is 35.6 Å². The maximum Gasteiger partial charge on any atom is 0.316 e. The quantitative estimate of drug-likeness (QED) is 0.556. The van der Waals surface area contributed by atoms with E-state index >= 15 is 0 Å². The van der Waals surface area contributed by atoms with Crippen molar-refractivity contribution in [1.82, 2.24) is 4.98 Å². The highest BCUT2D eigenvalue weighted by Gasteiger charge is 2.15. The SMILES string of the molecule is Cc1cc(=O)[nH]c(SCC(=O)OCC(=O)Nc2ccc(C(C)(C)C)cc2)c1C#N. The molecule has 0 fully saturated rings. The molecule has 0 spiro atoms. The van der Waals surface area contributed by atoms with Crippen LogP contribution in [0.2, 0.25) is 0 Å². The smallest absolute Gasteiger partial charge is 0.316 e. The van der Waals surface area contributed by atoms with Crippen LogP contribution in [0.4, 0.5) is 5.69 Å². The number of pyridine rings is 1. The first-order chi connectivity index (χ1) is 13.6. The summed E-state index contributed by atoms with van der Waals surface area (Å²) in [5.41, 5.74) is 2.26. The molecule has 1 aromatic carbocycles. The molecule has 2 aromatic rings. The third kappa shape index (κ3) is 6.50. The molecule has 2 N–H and O–H groups in total. The Labute approximate surface area is 173 Å². The summed E-state index contributed by atoms with van der Waals surface area (Å²) < 4.78 is 4.96. The van der Waals surface area contributed by atoms with Crippen molar-refractivity contribution in [3.05, 3.63) is 57.4 Å². The van der Waals surface area contributed by atoms with E-state index in [1.165, 1.54) is 6.07 Å². The number of H-pyrrole nitrogens is 1. The number of aromatic nitrogens is 1. The summed E-state index contributed by atoms with van der Waals surface area (Å²) in [7, 11) is 0. The van der Waals surface area contributed by atoms with Crippen LogP contribution in [0.15, 0.2) is 40.2 Å². The predicted octanol–water partition coefficient (Wildman–Crippen LogP) is 3.13. The van der Waals surface area contributed by atoms with Crippen molar-refractivity contribution in [3.63, 3.8) is 0 Å². The summed E-state index contributed by atoms with van der Waals surface area (Å²) in [4.78, 5) is 38.0. The number of nitrogens with zero attached hydrogens (tertiary/aromatic N) is 1. The number of amides is 1. The van der Waals surface area contributed by atoms with E-state index in [2.05, 4.69) is 31.1 Å². The molecule has 7 nitrogen and oxygen atoms in total. The van der Waals surface area contributed by atoms with Crippen LogP contribution < -0.4 is 10.9 Å². The fourth-order valence-electron chi connectivity index (χ4n) is 2.48. The highest BCUT2D eigenvalue weighted by Crippen LogP contribution is 2.23. The number of hydrogen-bond donors (Lipinski definition) is 2. The summed E-state index contributed by atoms with van der Waals surface area (Å²) in [6.07, 6.45) is 0. The number of esters is 1. The van der Waals surface area contributed by atoms with Crippen molar-refractivity contribution in [2.45, 2.75) is 38.1 Å². The maximum atomic E-state index is 12.0. The van der Waals surface area contributed by atoms with Crippen LogP contribution >= 0.6 is 11.8 Å².